The molecule has 0 fully saturated rings. The fraction of sp³-hybridized carbons (Fsp3) is 0.263. The van der Waals surface area contributed by atoms with Crippen molar-refractivity contribution in [2.75, 3.05) is 18.9 Å². The van der Waals surface area contributed by atoms with E-state index in [1.807, 2.05) is 62.4 Å². The van der Waals surface area contributed by atoms with E-state index in [9.17, 15) is 9.59 Å². The van der Waals surface area contributed by atoms with Gasteiger partial charge in [0.05, 0.1) is 6.54 Å². The third-order valence-electron chi connectivity index (χ3n) is 3.84. The van der Waals surface area contributed by atoms with Crippen molar-refractivity contribution in [2.45, 2.75) is 19.9 Å². The minimum absolute atomic E-state index is 0.222. The Labute approximate surface area is 141 Å². The number of carbonyl (C=O) groups is 2. The molecule has 0 heterocycles. The van der Waals surface area contributed by atoms with Crippen molar-refractivity contribution >= 4 is 17.6 Å². The minimum Gasteiger partial charge on any atom is -0.480 e. The van der Waals surface area contributed by atoms with E-state index in [0.717, 1.165) is 22.4 Å². The summed E-state index contributed by atoms with van der Waals surface area (Å²) in [4.78, 5) is 25.4. The summed E-state index contributed by atoms with van der Waals surface area (Å²) in [7, 11) is 1.63. The fourth-order valence-electron chi connectivity index (χ4n) is 2.62. The van der Waals surface area contributed by atoms with Crippen LogP contribution >= 0.6 is 0 Å². The second kappa shape index (κ2) is 7.75. The van der Waals surface area contributed by atoms with Gasteiger partial charge < -0.3 is 10.4 Å². The molecule has 1 amide bonds. The highest BCUT2D eigenvalue weighted by atomic mass is 16.4. The van der Waals surface area contributed by atoms with Crippen molar-refractivity contribution in [3.8, 4) is 0 Å². The summed E-state index contributed by atoms with van der Waals surface area (Å²) in [5.41, 5.74) is 3.50. The number of likely N-dealkylation sites (N-methyl/N-ethyl adjacent to an activating group) is 1. The second-order valence-electron chi connectivity index (χ2n) is 5.93. The summed E-state index contributed by atoms with van der Waals surface area (Å²) >= 11 is 0. The lowest BCUT2D eigenvalue weighted by molar-refractivity contribution is -0.139. The highest BCUT2D eigenvalue weighted by Gasteiger charge is 2.26. The molecule has 2 aromatic rings. The van der Waals surface area contributed by atoms with E-state index >= 15 is 0 Å². The monoisotopic (exact) mass is 326 g/mol. The molecule has 1 atom stereocenters. The van der Waals surface area contributed by atoms with Gasteiger partial charge in [-0.25, -0.2) is 0 Å². The molecule has 24 heavy (non-hydrogen) atoms. The maximum absolute atomic E-state index is 12.9. The van der Waals surface area contributed by atoms with Crippen LogP contribution in [0.1, 0.15) is 22.7 Å². The molecular formula is C19H22N2O3. The maximum atomic E-state index is 12.9. The normalized spacial score (nSPS) is 12.0. The number of amides is 1. The van der Waals surface area contributed by atoms with Crippen molar-refractivity contribution in [1.82, 2.24) is 4.90 Å². The molecule has 2 N–H and O–H groups in total. The summed E-state index contributed by atoms with van der Waals surface area (Å²) in [6, 6.07) is 14.3. The largest absolute Gasteiger partial charge is 0.480 e. The lowest BCUT2D eigenvalue weighted by Crippen LogP contribution is -2.37. The molecule has 0 aromatic heterocycles. The summed E-state index contributed by atoms with van der Waals surface area (Å²) in [5, 5.41) is 12.0. The standard InChI is InChI=1S/C19H22N2O3/c1-13-9-10-14(2)16(11-13)20-19(24)18(21(3)12-17(22)23)15-7-5-4-6-8-15/h4-11,18H,12H2,1-3H3,(H,20,24)(H,22,23). The van der Waals surface area contributed by atoms with Gasteiger partial charge in [-0.1, -0.05) is 42.5 Å². The first-order valence-corrected chi connectivity index (χ1v) is 7.73. The van der Waals surface area contributed by atoms with Crippen molar-refractivity contribution in [1.29, 1.82) is 0 Å². The number of carboxylic acid groups (broad SMARTS) is 1. The Morgan fingerprint density at radius 3 is 2.42 bits per heavy atom. The number of carboxylic acids is 1. The molecule has 0 aliphatic carbocycles. The van der Waals surface area contributed by atoms with Crippen LogP contribution in [0.25, 0.3) is 0 Å². The van der Waals surface area contributed by atoms with Gasteiger partial charge in [-0.2, -0.15) is 0 Å². The molecule has 0 spiro atoms. The van der Waals surface area contributed by atoms with Crippen LogP contribution in [-0.2, 0) is 9.59 Å². The van der Waals surface area contributed by atoms with E-state index in [2.05, 4.69) is 5.32 Å². The molecule has 126 valence electrons. The van der Waals surface area contributed by atoms with E-state index in [0.29, 0.717) is 0 Å². The molecule has 0 saturated heterocycles. The number of aryl methyl sites for hydroxylation is 2. The van der Waals surface area contributed by atoms with Gasteiger partial charge in [0.25, 0.3) is 0 Å². The molecule has 0 bridgehead atoms. The van der Waals surface area contributed by atoms with Crippen LogP contribution in [0.2, 0.25) is 0 Å². The van der Waals surface area contributed by atoms with Crippen molar-refractivity contribution in [3.05, 3.63) is 65.2 Å². The third kappa shape index (κ3) is 4.43. The number of hydrogen-bond donors (Lipinski definition) is 2. The Bertz CT molecular complexity index is 729. The van der Waals surface area contributed by atoms with Crippen LogP contribution in [0.5, 0.6) is 0 Å². The number of carbonyl (C=O) groups excluding carboxylic acids is 1. The van der Waals surface area contributed by atoms with E-state index in [4.69, 9.17) is 5.11 Å². The Morgan fingerprint density at radius 2 is 1.79 bits per heavy atom. The number of anilines is 1. The van der Waals surface area contributed by atoms with Gasteiger partial charge in [0, 0.05) is 5.69 Å². The van der Waals surface area contributed by atoms with E-state index in [1.165, 1.54) is 4.90 Å². The van der Waals surface area contributed by atoms with Gasteiger partial charge >= 0.3 is 5.97 Å². The number of hydrogen-bond acceptors (Lipinski definition) is 3. The van der Waals surface area contributed by atoms with Crippen molar-refractivity contribution in [2.24, 2.45) is 0 Å². The summed E-state index contributed by atoms with van der Waals surface area (Å²) < 4.78 is 0. The van der Waals surface area contributed by atoms with Crippen molar-refractivity contribution in [3.63, 3.8) is 0 Å². The maximum Gasteiger partial charge on any atom is 0.317 e. The first kappa shape index (κ1) is 17.7. The Hall–Kier alpha value is -2.66. The zero-order valence-corrected chi connectivity index (χ0v) is 14.1. The topological polar surface area (TPSA) is 69.6 Å². The highest BCUT2D eigenvalue weighted by molar-refractivity contribution is 5.96. The van der Waals surface area contributed by atoms with Crippen molar-refractivity contribution < 1.29 is 14.7 Å². The Balaban J connectivity index is 2.30. The van der Waals surface area contributed by atoms with Gasteiger partial charge in [0.1, 0.15) is 6.04 Å². The molecule has 2 rings (SSSR count). The first-order chi connectivity index (χ1) is 11.4. The number of nitrogens with one attached hydrogen (secondary N) is 1. The Morgan fingerprint density at radius 1 is 1.12 bits per heavy atom. The number of aliphatic carboxylic acids is 1. The minimum atomic E-state index is -0.974. The van der Waals surface area contributed by atoms with Gasteiger partial charge in [-0.3, -0.25) is 14.5 Å². The fourth-order valence-corrected chi connectivity index (χ4v) is 2.62. The second-order valence-corrected chi connectivity index (χ2v) is 5.93. The molecule has 5 nitrogen and oxygen atoms in total. The van der Waals surface area contributed by atoms with Crippen LogP contribution in [0.15, 0.2) is 48.5 Å². The van der Waals surface area contributed by atoms with E-state index in [-0.39, 0.29) is 12.5 Å². The third-order valence-corrected chi connectivity index (χ3v) is 3.84. The average molecular weight is 326 g/mol. The average Bonchev–Trinajstić information content (AvgIpc) is 2.51. The molecule has 5 heteroatoms. The SMILES string of the molecule is Cc1ccc(C)c(NC(=O)C(c2ccccc2)N(C)CC(=O)O)c1. The molecule has 0 aliphatic rings. The number of nitrogens with zero attached hydrogens (tertiary/aromatic N) is 1. The van der Waals surface area contributed by atoms with Gasteiger partial charge in [0.15, 0.2) is 0 Å². The molecule has 1 unspecified atom stereocenters. The molecule has 0 saturated carbocycles. The predicted molar refractivity (Wildman–Crippen MR) is 94.0 cm³/mol. The first-order valence-electron chi connectivity index (χ1n) is 7.73. The van der Waals surface area contributed by atoms with E-state index in [1.54, 1.807) is 7.05 Å². The molecule has 2 aromatic carbocycles. The quantitative estimate of drug-likeness (QED) is 0.856. The van der Waals surface area contributed by atoms with Crippen LogP contribution in [0.3, 0.4) is 0 Å². The van der Waals surface area contributed by atoms with Crippen LogP contribution in [-0.4, -0.2) is 35.5 Å². The number of rotatable bonds is 6. The predicted octanol–water partition coefficient (Wildman–Crippen LogP) is 3.00. The van der Waals surface area contributed by atoms with Gasteiger partial charge in [-0.05, 0) is 43.7 Å². The lowest BCUT2D eigenvalue weighted by Gasteiger charge is -2.26. The molecular weight excluding hydrogens is 304 g/mol. The van der Waals surface area contributed by atoms with E-state index < -0.39 is 12.0 Å². The smallest absolute Gasteiger partial charge is 0.317 e. The van der Waals surface area contributed by atoms with Crippen LogP contribution in [0.4, 0.5) is 5.69 Å². The lowest BCUT2D eigenvalue weighted by atomic mass is 10.0. The molecule has 0 aliphatic heterocycles. The van der Waals surface area contributed by atoms with Crippen LogP contribution < -0.4 is 5.32 Å². The zero-order valence-electron chi connectivity index (χ0n) is 14.1. The summed E-state index contributed by atoms with van der Waals surface area (Å²) in [5.74, 6) is -1.23. The highest BCUT2D eigenvalue weighted by Crippen LogP contribution is 2.23. The van der Waals surface area contributed by atoms with Crippen LogP contribution in [0, 0.1) is 13.8 Å². The van der Waals surface area contributed by atoms with Gasteiger partial charge in [0.2, 0.25) is 5.91 Å². The van der Waals surface area contributed by atoms with Gasteiger partial charge in [-0.15, -0.1) is 0 Å². The number of benzene rings is 2. The summed E-state index contributed by atoms with van der Waals surface area (Å²) in [6.45, 7) is 3.66. The Kier molecular flexibility index (Phi) is 5.71. The zero-order chi connectivity index (χ0) is 17.7. The molecule has 0 radical (unpaired) electrons. The summed E-state index contributed by atoms with van der Waals surface area (Å²) in [6.07, 6.45) is 0.